The number of esters is 1. The molecule has 2 aromatic rings. The third-order valence-corrected chi connectivity index (χ3v) is 4.19. The van der Waals surface area contributed by atoms with Crippen molar-refractivity contribution >= 4 is 27.6 Å². The summed E-state index contributed by atoms with van der Waals surface area (Å²) in [4.78, 5) is 23.9. The number of carbonyl (C=O) groups is 2. The molecule has 0 spiro atoms. The fourth-order valence-corrected chi connectivity index (χ4v) is 2.43. The van der Waals surface area contributed by atoms with E-state index in [4.69, 9.17) is 9.88 Å². The van der Waals surface area contributed by atoms with Gasteiger partial charge in [-0.15, -0.1) is 0 Å². The van der Waals surface area contributed by atoms with Crippen molar-refractivity contribution in [1.82, 2.24) is 4.57 Å². The molecule has 0 unspecified atom stereocenters. The number of sulfonamides is 1. The van der Waals surface area contributed by atoms with E-state index in [1.54, 1.807) is 29.9 Å². The largest absolute Gasteiger partial charge is 0.448 e. The monoisotopic (exact) mass is 351 g/mol. The standard InChI is InChI=1S/C15H17N3O5S/c1-10(23-15(20)13-4-3-9-18(13)2)14(19)17-11-5-7-12(8-6-11)24(16,21)22/h3-10H,1-2H3,(H,17,19)(H2,16,21,22)/t10-/m1/s1. The van der Waals surface area contributed by atoms with Gasteiger partial charge in [0.1, 0.15) is 5.69 Å². The number of nitrogens with one attached hydrogen (secondary N) is 1. The Bertz CT molecular complexity index is 855. The predicted molar refractivity (Wildman–Crippen MR) is 86.7 cm³/mol. The number of nitrogens with two attached hydrogens (primary N) is 1. The highest BCUT2D eigenvalue weighted by molar-refractivity contribution is 7.89. The first kappa shape index (κ1) is 17.7. The van der Waals surface area contributed by atoms with Crippen molar-refractivity contribution in [2.75, 3.05) is 5.32 Å². The highest BCUT2D eigenvalue weighted by atomic mass is 32.2. The first-order chi connectivity index (χ1) is 11.2. The second-order valence-electron chi connectivity index (χ2n) is 5.11. The van der Waals surface area contributed by atoms with Crippen LogP contribution in [0.3, 0.4) is 0 Å². The number of carbonyl (C=O) groups excluding carboxylic acids is 2. The minimum Gasteiger partial charge on any atom is -0.448 e. The van der Waals surface area contributed by atoms with Crippen LogP contribution in [-0.2, 0) is 26.6 Å². The molecule has 128 valence electrons. The van der Waals surface area contributed by atoms with Gasteiger partial charge in [0.2, 0.25) is 10.0 Å². The van der Waals surface area contributed by atoms with E-state index >= 15 is 0 Å². The van der Waals surface area contributed by atoms with Crippen molar-refractivity contribution in [2.45, 2.75) is 17.9 Å². The number of nitrogens with zero attached hydrogens (tertiary/aromatic N) is 1. The average Bonchev–Trinajstić information content (AvgIpc) is 2.93. The van der Waals surface area contributed by atoms with E-state index in [1.807, 2.05) is 0 Å². The number of hydrogen-bond donors (Lipinski definition) is 2. The second-order valence-corrected chi connectivity index (χ2v) is 6.67. The van der Waals surface area contributed by atoms with E-state index < -0.39 is 28.0 Å². The van der Waals surface area contributed by atoms with Crippen LogP contribution in [-0.4, -0.2) is 31.0 Å². The summed E-state index contributed by atoms with van der Waals surface area (Å²) in [5, 5.41) is 7.52. The van der Waals surface area contributed by atoms with Gasteiger partial charge in [0, 0.05) is 18.9 Å². The smallest absolute Gasteiger partial charge is 0.355 e. The minimum absolute atomic E-state index is 0.0660. The van der Waals surface area contributed by atoms with Gasteiger partial charge in [0.25, 0.3) is 5.91 Å². The number of primary sulfonamides is 1. The summed E-state index contributed by atoms with van der Waals surface area (Å²) in [5.41, 5.74) is 0.682. The molecule has 1 aromatic heterocycles. The molecule has 0 aliphatic heterocycles. The van der Waals surface area contributed by atoms with E-state index in [1.165, 1.54) is 31.2 Å². The molecule has 2 rings (SSSR count). The van der Waals surface area contributed by atoms with Crippen LogP contribution >= 0.6 is 0 Å². The van der Waals surface area contributed by atoms with Crippen LogP contribution < -0.4 is 10.5 Å². The van der Waals surface area contributed by atoms with Crippen LogP contribution in [0.5, 0.6) is 0 Å². The molecule has 3 N–H and O–H groups in total. The number of rotatable bonds is 5. The Morgan fingerprint density at radius 2 is 1.83 bits per heavy atom. The van der Waals surface area contributed by atoms with Gasteiger partial charge in [-0.2, -0.15) is 0 Å². The quantitative estimate of drug-likeness (QED) is 0.774. The summed E-state index contributed by atoms with van der Waals surface area (Å²) in [6, 6.07) is 8.59. The second kappa shape index (κ2) is 6.85. The van der Waals surface area contributed by atoms with Crippen LogP contribution in [0, 0.1) is 0 Å². The summed E-state index contributed by atoms with van der Waals surface area (Å²) in [5.74, 6) is -1.16. The lowest BCUT2D eigenvalue weighted by atomic mass is 10.3. The summed E-state index contributed by atoms with van der Waals surface area (Å²) in [6.45, 7) is 1.44. The molecule has 1 amide bonds. The zero-order valence-electron chi connectivity index (χ0n) is 13.1. The third-order valence-electron chi connectivity index (χ3n) is 3.26. The van der Waals surface area contributed by atoms with Crippen LogP contribution in [0.15, 0.2) is 47.5 Å². The number of amides is 1. The molecule has 0 bridgehead atoms. The van der Waals surface area contributed by atoms with Gasteiger partial charge >= 0.3 is 5.97 Å². The molecule has 0 fully saturated rings. The Hall–Kier alpha value is -2.65. The van der Waals surface area contributed by atoms with E-state index in [0.717, 1.165) is 0 Å². The Morgan fingerprint density at radius 3 is 2.33 bits per heavy atom. The molecule has 0 radical (unpaired) electrons. The lowest BCUT2D eigenvalue weighted by Crippen LogP contribution is -2.30. The molecule has 1 atom stereocenters. The van der Waals surface area contributed by atoms with Gasteiger partial charge in [0.05, 0.1) is 4.90 Å². The summed E-state index contributed by atoms with van der Waals surface area (Å²) >= 11 is 0. The van der Waals surface area contributed by atoms with Crippen molar-refractivity contribution in [3.63, 3.8) is 0 Å². The van der Waals surface area contributed by atoms with Gasteiger partial charge in [-0.1, -0.05) is 0 Å². The fraction of sp³-hybridized carbons (Fsp3) is 0.200. The molecule has 9 heteroatoms. The Morgan fingerprint density at radius 1 is 1.21 bits per heavy atom. The van der Waals surface area contributed by atoms with Gasteiger partial charge in [-0.25, -0.2) is 18.4 Å². The first-order valence-corrected chi connectivity index (χ1v) is 8.49. The van der Waals surface area contributed by atoms with Crippen LogP contribution in [0.4, 0.5) is 5.69 Å². The molecule has 0 aliphatic carbocycles. The fourth-order valence-electron chi connectivity index (χ4n) is 1.92. The number of aromatic nitrogens is 1. The normalized spacial score (nSPS) is 12.5. The van der Waals surface area contributed by atoms with Crippen molar-refractivity contribution in [2.24, 2.45) is 12.2 Å². The summed E-state index contributed by atoms with van der Waals surface area (Å²) in [7, 11) is -2.10. The molecular formula is C15H17N3O5S. The Balaban J connectivity index is 1.99. The third kappa shape index (κ3) is 4.21. The number of hydrogen-bond acceptors (Lipinski definition) is 5. The molecule has 8 nitrogen and oxygen atoms in total. The van der Waals surface area contributed by atoms with Gasteiger partial charge < -0.3 is 14.6 Å². The maximum absolute atomic E-state index is 12.0. The van der Waals surface area contributed by atoms with Gasteiger partial charge in [-0.05, 0) is 43.3 Å². The Kier molecular flexibility index (Phi) is 5.05. The van der Waals surface area contributed by atoms with Crippen LogP contribution in [0.2, 0.25) is 0 Å². The predicted octanol–water partition coefficient (Wildman–Crippen LogP) is 0.857. The topological polar surface area (TPSA) is 120 Å². The van der Waals surface area contributed by atoms with Crippen LogP contribution in [0.1, 0.15) is 17.4 Å². The number of aryl methyl sites for hydroxylation is 1. The van der Waals surface area contributed by atoms with E-state index in [-0.39, 0.29) is 4.90 Å². The maximum atomic E-state index is 12.0. The lowest BCUT2D eigenvalue weighted by molar-refractivity contribution is -0.123. The molecule has 0 saturated carbocycles. The number of ether oxygens (including phenoxy) is 1. The SMILES string of the molecule is C[C@@H](OC(=O)c1cccn1C)C(=O)Nc1ccc(S(N)(=O)=O)cc1. The summed E-state index contributed by atoms with van der Waals surface area (Å²) < 4.78 is 29.0. The molecule has 24 heavy (non-hydrogen) atoms. The van der Waals surface area contributed by atoms with Crippen molar-refractivity contribution < 1.29 is 22.7 Å². The highest BCUT2D eigenvalue weighted by Gasteiger charge is 2.20. The minimum atomic E-state index is -3.79. The van der Waals surface area contributed by atoms with Crippen molar-refractivity contribution in [3.05, 3.63) is 48.3 Å². The van der Waals surface area contributed by atoms with E-state index in [9.17, 15) is 18.0 Å². The van der Waals surface area contributed by atoms with Crippen LogP contribution in [0.25, 0.3) is 0 Å². The number of anilines is 1. The van der Waals surface area contributed by atoms with Gasteiger partial charge in [0.15, 0.2) is 6.10 Å². The molecular weight excluding hydrogens is 334 g/mol. The molecule has 0 saturated heterocycles. The first-order valence-electron chi connectivity index (χ1n) is 6.94. The highest BCUT2D eigenvalue weighted by Crippen LogP contribution is 2.13. The zero-order valence-corrected chi connectivity index (χ0v) is 13.9. The molecule has 1 heterocycles. The van der Waals surface area contributed by atoms with E-state index in [2.05, 4.69) is 5.32 Å². The van der Waals surface area contributed by atoms with E-state index in [0.29, 0.717) is 11.4 Å². The van der Waals surface area contributed by atoms with Gasteiger partial charge in [-0.3, -0.25) is 4.79 Å². The Labute approximate surface area is 139 Å². The van der Waals surface area contributed by atoms with Crippen molar-refractivity contribution in [3.8, 4) is 0 Å². The summed E-state index contributed by atoms with van der Waals surface area (Å²) in [6.07, 6.45) is 0.666. The van der Waals surface area contributed by atoms with Crippen molar-refractivity contribution in [1.29, 1.82) is 0 Å². The average molecular weight is 351 g/mol. The molecule has 0 aliphatic rings. The molecule has 1 aromatic carbocycles. The zero-order chi connectivity index (χ0) is 17.9. The number of benzene rings is 1. The maximum Gasteiger partial charge on any atom is 0.355 e. The lowest BCUT2D eigenvalue weighted by Gasteiger charge is -2.14.